The number of aliphatic carboxylic acids is 1. The largest absolute Gasteiger partial charge is 0.481 e. The van der Waals surface area contributed by atoms with Gasteiger partial charge in [0.15, 0.2) is 5.78 Å². The standard InChI is InChI=1S/C19H29NO4/c1-4-24-15(2)13-20(12-6-5-7-19(22)23)14-17-8-10-18(11-9-17)16(3)21/h8-11,15H,4-7,12-14H2,1-3H3,(H,22,23). The van der Waals surface area contributed by atoms with Crippen molar-refractivity contribution in [3.63, 3.8) is 0 Å². The molecule has 0 aromatic heterocycles. The number of nitrogens with zero attached hydrogens (tertiary/aromatic N) is 1. The van der Waals surface area contributed by atoms with Crippen LogP contribution in [-0.2, 0) is 16.1 Å². The Kier molecular flexibility index (Phi) is 9.27. The summed E-state index contributed by atoms with van der Waals surface area (Å²) in [6, 6.07) is 7.66. The third-order valence-electron chi connectivity index (χ3n) is 3.85. The van der Waals surface area contributed by atoms with Gasteiger partial charge in [0.1, 0.15) is 0 Å². The first-order valence-corrected chi connectivity index (χ1v) is 8.58. The summed E-state index contributed by atoms with van der Waals surface area (Å²) in [5, 5.41) is 8.74. The molecule has 0 aliphatic heterocycles. The number of carboxylic acids is 1. The molecule has 24 heavy (non-hydrogen) atoms. The molecule has 5 heteroatoms. The SMILES string of the molecule is CCOC(C)CN(CCCCC(=O)O)Cc1ccc(C(C)=O)cc1. The lowest BCUT2D eigenvalue weighted by molar-refractivity contribution is -0.137. The molecule has 0 aliphatic carbocycles. The summed E-state index contributed by atoms with van der Waals surface area (Å²) in [6.45, 7) is 8.67. The Bertz CT molecular complexity index is 513. The highest BCUT2D eigenvalue weighted by molar-refractivity contribution is 5.93. The van der Waals surface area contributed by atoms with Crippen molar-refractivity contribution >= 4 is 11.8 Å². The highest BCUT2D eigenvalue weighted by Gasteiger charge is 2.12. The van der Waals surface area contributed by atoms with Gasteiger partial charge in [0.25, 0.3) is 0 Å². The predicted molar refractivity (Wildman–Crippen MR) is 94.3 cm³/mol. The van der Waals surface area contributed by atoms with E-state index in [4.69, 9.17) is 9.84 Å². The molecule has 0 fully saturated rings. The monoisotopic (exact) mass is 335 g/mol. The number of hydrogen-bond acceptors (Lipinski definition) is 4. The molecule has 0 bridgehead atoms. The predicted octanol–water partition coefficient (Wildman–Crippen LogP) is 3.37. The summed E-state index contributed by atoms with van der Waals surface area (Å²) in [4.78, 5) is 24.3. The molecule has 0 aliphatic rings. The van der Waals surface area contributed by atoms with Gasteiger partial charge in [-0.3, -0.25) is 14.5 Å². The Labute approximate surface area is 144 Å². The molecule has 134 valence electrons. The lowest BCUT2D eigenvalue weighted by atomic mass is 10.1. The van der Waals surface area contributed by atoms with Crippen molar-refractivity contribution in [2.75, 3.05) is 19.7 Å². The number of benzene rings is 1. The minimum Gasteiger partial charge on any atom is -0.481 e. The van der Waals surface area contributed by atoms with Crippen LogP contribution in [0.25, 0.3) is 0 Å². The van der Waals surface area contributed by atoms with Crippen molar-refractivity contribution in [2.24, 2.45) is 0 Å². The molecular formula is C19H29NO4. The molecule has 0 saturated heterocycles. The van der Waals surface area contributed by atoms with E-state index in [1.807, 2.05) is 38.1 Å². The topological polar surface area (TPSA) is 66.8 Å². The number of ether oxygens (including phenoxy) is 1. The average molecular weight is 335 g/mol. The zero-order valence-corrected chi connectivity index (χ0v) is 15.0. The molecule has 1 aromatic rings. The van der Waals surface area contributed by atoms with E-state index in [0.717, 1.165) is 37.2 Å². The number of carbonyl (C=O) groups is 2. The van der Waals surface area contributed by atoms with Gasteiger partial charge in [0.05, 0.1) is 6.10 Å². The number of carboxylic acid groups (broad SMARTS) is 1. The van der Waals surface area contributed by atoms with Crippen molar-refractivity contribution in [3.8, 4) is 0 Å². The first-order chi connectivity index (χ1) is 11.4. The second-order valence-corrected chi connectivity index (χ2v) is 6.11. The highest BCUT2D eigenvalue weighted by atomic mass is 16.5. The van der Waals surface area contributed by atoms with Crippen molar-refractivity contribution in [2.45, 2.75) is 52.7 Å². The Morgan fingerprint density at radius 2 is 1.88 bits per heavy atom. The molecule has 1 rings (SSSR count). The second kappa shape index (κ2) is 10.9. The molecule has 5 nitrogen and oxygen atoms in total. The summed E-state index contributed by atoms with van der Waals surface area (Å²) in [5.41, 5.74) is 1.86. The van der Waals surface area contributed by atoms with Crippen molar-refractivity contribution in [1.82, 2.24) is 4.90 Å². The summed E-state index contributed by atoms with van der Waals surface area (Å²) in [5.74, 6) is -0.680. The molecule has 0 spiro atoms. The van der Waals surface area contributed by atoms with Crippen LogP contribution in [0.3, 0.4) is 0 Å². The fraction of sp³-hybridized carbons (Fsp3) is 0.579. The van der Waals surface area contributed by atoms with E-state index in [1.54, 1.807) is 6.92 Å². The molecule has 1 atom stereocenters. The van der Waals surface area contributed by atoms with E-state index in [1.165, 1.54) is 0 Å². The summed E-state index contributed by atoms with van der Waals surface area (Å²) < 4.78 is 5.62. The maximum absolute atomic E-state index is 11.4. The molecule has 0 radical (unpaired) electrons. The van der Waals surface area contributed by atoms with Gasteiger partial charge in [-0.05, 0) is 45.7 Å². The van der Waals surface area contributed by atoms with E-state index in [9.17, 15) is 9.59 Å². The van der Waals surface area contributed by atoms with Gasteiger partial charge in [-0.25, -0.2) is 0 Å². The summed E-state index contributed by atoms with van der Waals surface area (Å²) in [6.07, 6.45) is 1.86. The van der Waals surface area contributed by atoms with Gasteiger partial charge in [-0.1, -0.05) is 24.3 Å². The fourth-order valence-electron chi connectivity index (χ4n) is 2.65. The number of rotatable bonds is 12. The lowest BCUT2D eigenvalue weighted by Gasteiger charge is -2.25. The van der Waals surface area contributed by atoms with E-state index >= 15 is 0 Å². The zero-order chi connectivity index (χ0) is 17.9. The maximum Gasteiger partial charge on any atom is 0.303 e. The number of ketones is 1. The molecular weight excluding hydrogens is 306 g/mol. The van der Waals surface area contributed by atoms with Crippen LogP contribution < -0.4 is 0 Å². The fourth-order valence-corrected chi connectivity index (χ4v) is 2.65. The van der Waals surface area contributed by atoms with Crippen molar-refractivity contribution in [3.05, 3.63) is 35.4 Å². The quantitative estimate of drug-likeness (QED) is 0.468. The Balaban J connectivity index is 2.61. The van der Waals surface area contributed by atoms with Crippen molar-refractivity contribution < 1.29 is 19.4 Å². The normalized spacial score (nSPS) is 12.3. The van der Waals surface area contributed by atoms with E-state index < -0.39 is 5.97 Å². The van der Waals surface area contributed by atoms with Crippen LogP contribution in [-0.4, -0.2) is 47.6 Å². The minimum absolute atomic E-state index is 0.0667. The zero-order valence-electron chi connectivity index (χ0n) is 15.0. The van der Waals surface area contributed by atoms with Gasteiger partial charge in [-0.2, -0.15) is 0 Å². The number of hydrogen-bond donors (Lipinski definition) is 1. The Hall–Kier alpha value is -1.72. The maximum atomic E-state index is 11.4. The summed E-state index contributed by atoms with van der Waals surface area (Å²) in [7, 11) is 0. The molecule has 1 aromatic carbocycles. The molecule has 0 saturated carbocycles. The lowest BCUT2D eigenvalue weighted by Crippen LogP contribution is -2.33. The van der Waals surface area contributed by atoms with Gasteiger partial charge in [0, 0.05) is 31.7 Å². The van der Waals surface area contributed by atoms with Crippen LogP contribution in [0.5, 0.6) is 0 Å². The van der Waals surface area contributed by atoms with Crippen molar-refractivity contribution in [1.29, 1.82) is 0 Å². The molecule has 0 amide bonds. The Morgan fingerprint density at radius 3 is 2.42 bits per heavy atom. The van der Waals surface area contributed by atoms with Gasteiger partial charge < -0.3 is 9.84 Å². The van der Waals surface area contributed by atoms with Crippen LogP contribution in [0.1, 0.15) is 56.0 Å². The molecule has 1 N–H and O–H groups in total. The second-order valence-electron chi connectivity index (χ2n) is 6.11. The number of Topliss-reactive ketones (excluding diaryl/α,β-unsaturated/α-hetero) is 1. The first-order valence-electron chi connectivity index (χ1n) is 8.58. The average Bonchev–Trinajstić information content (AvgIpc) is 2.52. The van der Waals surface area contributed by atoms with E-state index in [2.05, 4.69) is 4.90 Å². The van der Waals surface area contributed by atoms with E-state index in [-0.39, 0.29) is 18.3 Å². The Morgan fingerprint density at radius 1 is 1.21 bits per heavy atom. The van der Waals surface area contributed by atoms with Crippen LogP contribution in [0.4, 0.5) is 0 Å². The smallest absolute Gasteiger partial charge is 0.303 e. The van der Waals surface area contributed by atoms with Crippen LogP contribution in [0.2, 0.25) is 0 Å². The van der Waals surface area contributed by atoms with Crippen LogP contribution >= 0.6 is 0 Å². The highest BCUT2D eigenvalue weighted by Crippen LogP contribution is 2.11. The molecule has 1 unspecified atom stereocenters. The number of unbranched alkanes of at least 4 members (excludes halogenated alkanes) is 1. The van der Waals surface area contributed by atoms with Crippen LogP contribution in [0.15, 0.2) is 24.3 Å². The van der Waals surface area contributed by atoms with Gasteiger partial charge in [-0.15, -0.1) is 0 Å². The third kappa shape index (κ3) is 8.22. The van der Waals surface area contributed by atoms with Gasteiger partial charge >= 0.3 is 5.97 Å². The van der Waals surface area contributed by atoms with Gasteiger partial charge in [0.2, 0.25) is 0 Å². The third-order valence-corrected chi connectivity index (χ3v) is 3.85. The summed E-state index contributed by atoms with van der Waals surface area (Å²) >= 11 is 0. The first kappa shape index (κ1) is 20.3. The minimum atomic E-state index is -0.746. The molecule has 0 heterocycles. The van der Waals surface area contributed by atoms with Crippen LogP contribution in [0, 0.1) is 0 Å². The number of carbonyl (C=O) groups excluding carboxylic acids is 1. The van der Waals surface area contributed by atoms with E-state index in [0.29, 0.717) is 13.0 Å².